The minimum absolute atomic E-state index is 0.0820. The van der Waals surface area contributed by atoms with E-state index in [2.05, 4.69) is 5.16 Å². The molecule has 1 rings (SSSR count). The van der Waals surface area contributed by atoms with Crippen LogP contribution in [0.3, 0.4) is 0 Å². The number of rotatable bonds is 3. The maximum absolute atomic E-state index is 9.58. The van der Waals surface area contributed by atoms with Crippen molar-refractivity contribution in [1.82, 2.24) is 0 Å². The zero-order valence-corrected chi connectivity index (χ0v) is 8.72. The lowest BCUT2D eigenvalue weighted by molar-refractivity contribution is -0.288. The van der Waals surface area contributed by atoms with Crippen LogP contribution in [0, 0.1) is 0 Å². The molecule has 8 heteroatoms. The van der Waals surface area contributed by atoms with Crippen LogP contribution in [0.4, 0.5) is 0 Å². The number of hydrogen-bond acceptors (Lipinski definition) is 7. The molecule has 0 amide bonds. The van der Waals surface area contributed by atoms with Crippen molar-refractivity contribution in [2.24, 2.45) is 10.9 Å². The molecular weight excluding hydrogens is 220 g/mol. The normalized spacial score (nSPS) is 41.0. The Morgan fingerprint density at radius 1 is 1.31 bits per heavy atom. The fraction of sp³-hybridized carbons (Fsp3) is 0.875. The van der Waals surface area contributed by atoms with Crippen LogP contribution in [0.25, 0.3) is 0 Å². The molecule has 0 spiro atoms. The monoisotopic (exact) mass is 236 g/mol. The summed E-state index contributed by atoms with van der Waals surface area (Å²) in [5.74, 6) is -0.150. The van der Waals surface area contributed by atoms with Gasteiger partial charge in [0.25, 0.3) is 0 Å². The third-order valence-electron chi connectivity index (χ3n) is 2.44. The first-order chi connectivity index (χ1) is 7.51. The Morgan fingerprint density at radius 2 is 1.94 bits per heavy atom. The Labute approximate surface area is 91.9 Å². The fourth-order valence-corrected chi connectivity index (χ4v) is 1.53. The molecule has 0 aromatic heterocycles. The number of ether oxygens (including phenoxy) is 2. The Balaban J connectivity index is 2.71. The van der Waals surface area contributed by atoms with E-state index in [4.69, 9.17) is 20.4 Å². The van der Waals surface area contributed by atoms with Gasteiger partial charge in [0, 0.05) is 13.5 Å². The number of oxime groups is 1. The minimum Gasteiger partial charge on any atom is -0.409 e. The molecule has 8 nitrogen and oxygen atoms in total. The Morgan fingerprint density at radius 3 is 2.44 bits per heavy atom. The second-order valence-electron chi connectivity index (χ2n) is 3.55. The van der Waals surface area contributed by atoms with Crippen LogP contribution in [0.5, 0.6) is 0 Å². The summed E-state index contributed by atoms with van der Waals surface area (Å²) in [4.78, 5) is 0. The van der Waals surface area contributed by atoms with E-state index >= 15 is 0 Å². The third-order valence-corrected chi connectivity index (χ3v) is 2.44. The van der Waals surface area contributed by atoms with Gasteiger partial charge in [0.05, 0.1) is 6.10 Å². The highest BCUT2D eigenvalue weighted by atomic mass is 16.7. The number of aliphatic hydroxyl groups is 3. The standard InChI is InChI=1S/C8H16N2O6/c1-15-8-7(13)6(12)5(11)3(16-8)2-4(9)10-14/h3,5-8,11-14H,2H2,1H3,(H2,9,10)/t3-,5?,6+,7+,8-/m1/s1. The van der Waals surface area contributed by atoms with Gasteiger partial charge in [0.2, 0.25) is 0 Å². The molecule has 6 N–H and O–H groups in total. The average molecular weight is 236 g/mol. The summed E-state index contributed by atoms with van der Waals surface area (Å²) < 4.78 is 9.93. The summed E-state index contributed by atoms with van der Waals surface area (Å²) >= 11 is 0. The van der Waals surface area contributed by atoms with Crippen molar-refractivity contribution in [2.75, 3.05) is 7.11 Å². The fourth-order valence-electron chi connectivity index (χ4n) is 1.53. The molecule has 5 atom stereocenters. The summed E-state index contributed by atoms with van der Waals surface area (Å²) in [6.45, 7) is 0. The van der Waals surface area contributed by atoms with Crippen molar-refractivity contribution in [3.05, 3.63) is 0 Å². The molecule has 16 heavy (non-hydrogen) atoms. The van der Waals surface area contributed by atoms with Crippen LogP contribution in [-0.2, 0) is 9.47 Å². The average Bonchev–Trinajstić information content (AvgIpc) is 2.29. The van der Waals surface area contributed by atoms with Gasteiger partial charge in [-0.3, -0.25) is 0 Å². The topological polar surface area (TPSA) is 138 Å². The van der Waals surface area contributed by atoms with Gasteiger partial charge in [-0.15, -0.1) is 0 Å². The van der Waals surface area contributed by atoms with E-state index < -0.39 is 30.7 Å². The zero-order valence-electron chi connectivity index (χ0n) is 8.72. The number of nitrogens with zero attached hydrogens (tertiary/aromatic N) is 1. The summed E-state index contributed by atoms with van der Waals surface area (Å²) in [7, 11) is 1.29. The van der Waals surface area contributed by atoms with E-state index in [1.807, 2.05) is 0 Å². The molecule has 0 aromatic carbocycles. The summed E-state index contributed by atoms with van der Waals surface area (Å²) in [5, 5.41) is 39.6. The van der Waals surface area contributed by atoms with Crippen molar-refractivity contribution >= 4 is 5.84 Å². The van der Waals surface area contributed by atoms with Gasteiger partial charge in [-0.1, -0.05) is 5.16 Å². The molecule has 0 bridgehead atoms. The molecule has 1 saturated heterocycles. The summed E-state index contributed by atoms with van der Waals surface area (Å²) in [6, 6.07) is 0. The van der Waals surface area contributed by atoms with Crippen molar-refractivity contribution < 1.29 is 30.0 Å². The van der Waals surface area contributed by atoms with Gasteiger partial charge in [-0.25, -0.2) is 0 Å². The second kappa shape index (κ2) is 5.41. The minimum atomic E-state index is -1.41. The van der Waals surface area contributed by atoms with Crippen LogP contribution < -0.4 is 5.73 Å². The molecule has 0 aliphatic carbocycles. The first-order valence-corrected chi connectivity index (χ1v) is 4.70. The number of methoxy groups -OCH3 is 1. The van der Waals surface area contributed by atoms with Gasteiger partial charge in [-0.2, -0.15) is 0 Å². The van der Waals surface area contributed by atoms with Gasteiger partial charge in [0.15, 0.2) is 6.29 Å². The van der Waals surface area contributed by atoms with Crippen LogP contribution in [-0.4, -0.2) is 64.2 Å². The number of nitrogens with two attached hydrogens (primary N) is 1. The lowest BCUT2D eigenvalue weighted by atomic mass is 9.96. The zero-order chi connectivity index (χ0) is 12.3. The smallest absolute Gasteiger partial charge is 0.186 e. The van der Waals surface area contributed by atoms with E-state index in [1.165, 1.54) is 7.11 Å². The van der Waals surface area contributed by atoms with Crippen LogP contribution in [0.2, 0.25) is 0 Å². The van der Waals surface area contributed by atoms with Crippen LogP contribution in [0.15, 0.2) is 5.16 Å². The largest absolute Gasteiger partial charge is 0.409 e. The van der Waals surface area contributed by atoms with Crippen molar-refractivity contribution in [3.63, 3.8) is 0 Å². The second-order valence-corrected chi connectivity index (χ2v) is 3.55. The summed E-state index contributed by atoms with van der Waals surface area (Å²) in [5.41, 5.74) is 5.26. The SMILES string of the molecule is CO[C@@H]1O[C@H](C/C(N)=N/O)C(O)[C@H](O)[C@@H]1O. The Hall–Kier alpha value is -0.930. The van der Waals surface area contributed by atoms with Crippen molar-refractivity contribution in [2.45, 2.75) is 37.1 Å². The van der Waals surface area contributed by atoms with Gasteiger partial charge in [-0.05, 0) is 0 Å². The first-order valence-electron chi connectivity index (χ1n) is 4.70. The highest BCUT2D eigenvalue weighted by Gasteiger charge is 2.44. The molecule has 0 saturated carbocycles. The van der Waals surface area contributed by atoms with E-state index in [9.17, 15) is 15.3 Å². The van der Waals surface area contributed by atoms with Crippen molar-refractivity contribution in [1.29, 1.82) is 0 Å². The van der Waals surface area contributed by atoms with Crippen LogP contribution in [0.1, 0.15) is 6.42 Å². The first kappa shape index (κ1) is 13.1. The van der Waals surface area contributed by atoms with E-state index in [1.54, 1.807) is 0 Å². The number of amidine groups is 1. The van der Waals surface area contributed by atoms with E-state index in [0.717, 1.165) is 0 Å². The maximum Gasteiger partial charge on any atom is 0.186 e. The summed E-state index contributed by atoms with van der Waals surface area (Å²) in [6.07, 6.45) is -6.13. The molecule has 1 aliphatic heterocycles. The number of aliphatic hydroxyl groups excluding tert-OH is 3. The molecular formula is C8H16N2O6. The predicted octanol–water partition coefficient (Wildman–Crippen LogP) is -2.42. The molecule has 1 heterocycles. The number of hydrogen-bond donors (Lipinski definition) is 5. The molecule has 1 unspecified atom stereocenters. The highest BCUT2D eigenvalue weighted by Crippen LogP contribution is 2.23. The van der Waals surface area contributed by atoms with E-state index in [-0.39, 0.29) is 12.3 Å². The van der Waals surface area contributed by atoms with Gasteiger partial charge >= 0.3 is 0 Å². The molecule has 94 valence electrons. The molecule has 1 fully saturated rings. The molecule has 1 aliphatic rings. The maximum atomic E-state index is 9.58. The lowest BCUT2D eigenvalue weighted by Crippen LogP contribution is -2.58. The molecule has 0 radical (unpaired) electrons. The van der Waals surface area contributed by atoms with Crippen LogP contribution >= 0.6 is 0 Å². The van der Waals surface area contributed by atoms with E-state index in [0.29, 0.717) is 0 Å². The van der Waals surface area contributed by atoms with Gasteiger partial charge < -0.3 is 35.7 Å². The third kappa shape index (κ3) is 2.60. The quantitative estimate of drug-likeness (QED) is 0.159. The van der Waals surface area contributed by atoms with Gasteiger partial charge in [0.1, 0.15) is 24.1 Å². The Bertz CT molecular complexity index is 259. The highest BCUT2D eigenvalue weighted by molar-refractivity contribution is 5.80. The lowest BCUT2D eigenvalue weighted by Gasteiger charge is -2.39. The van der Waals surface area contributed by atoms with Crippen molar-refractivity contribution in [3.8, 4) is 0 Å². The Kier molecular flexibility index (Phi) is 4.44. The predicted molar refractivity (Wildman–Crippen MR) is 51.7 cm³/mol. The molecule has 0 aromatic rings.